The van der Waals surface area contributed by atoms with Gasteiger partial charge in [0.25, 0.3) is 0 Å². The van der Waals surface area contributed by atoms with E-state index in [9.17, 15) is 0 Å². The van der Waals surface area contributed by atoms with Crippen molar-refractivity contribution in [3.05, 3.63) is 29.8 Å². The summed E-state index contributed by atoms with van der Waals surface area (Å²) in [5.74, 6) is 0.851. The van der Waals surface area contributed by atoms with E-state index in [4.69, 9.17) is 14.3 Å². The van der Waals surface area contributed by atoms with Crippen molar-refractivity contribution in [3.63, 3.8) is 0 Å². The second kappa shape index (κ2) is 15.3. The highest BCUT2D eigenvalue weighted by Gasteiger charge is 2.35. The van der Waals surface area contributed by atoms with Gasteiger partial charge in [0, 0.05) is 18.7 Å². The first-order valence-electron chi connectivity index (χ1n) is 12.8. The maximum atomic E-state index is 5.85. The van der Waals surface area contributed by atoms with Crippen LogP contribution in [0.3, 0.4) is 0 Å². The van der Waals surface area contributed by atoms with Gasteiger partial charge < -0.3 is 14.3 Å². The molecule has 0 amide bonds. The number of nitrogens with zero attached hydrogens (tertiary/aromatic N) is 2. The number of hydrogen-bond acceptors (Lipinski definition) is 5. The van der Waals surface area contributed by atoms with Crippen LogP contribution in [0.15, 0.2) is 29.4 Å². The number of morpholine rings is 1. The van der Waals surface area contributed by atoms with Crippen LogP contribution < -0.4 is 4.74 Å². The van der Waals surface area contributed by atoms with E-state index in [-0.39, 0.29) is 5.54 Å². The summed E-state index contributed by atoms with van der Waals surface area (Å²) in [7, 11) is 1.69. The molecule has 0 spiro atoms. The van der Waals surface area contributed by atoms with E-state index >= 15 is 0 Å². The summed E-state index contributed by atoms with van der Waals surface area (Å²) in [4.78, 5) is 8.29. The van der Waals surface area contributed by atoms with Gasteiger partial charge in [0.05, 0.1) is 25.9 Å². The molecule has 2 rings (SSSR count). The minimum absolute atomic E-state index is 0.240. The summed E-state index contributed by atoms with van der Waals surface area (Å²) in [6, 6.07) is 8.12. The molecule has 1 aliphatic heterocycles. The fourth-order valence-corrected chi connectivity index (χ4v) is 4.30. The molecule has 0 saturated carbocycles. The van der Waals surface area contributed by atoms with Crippen molar-refractivity contribution in [1.29, 1.82) is 0 Å². The molecule has 5 heteroatoms. The summed E-state index contributed by atoms with van der Waals surface area (Å²) in [5, 5.41) is 4.67. The fourth-order valence-electron chi connectivity index (χ4n) is 4.30. The monoisotopic (exact) mass is 446 g/mol. The predicted molar refractivity (Wildman–Crippen MR) is 134 cm³/mol. The Hall–Kier alpha value is -1.59. The zero-order valence-corrected chi connectivity index (χ0v) is 21.0. The Morgan fingerprint density at radius 1 is 0.906 bits per heavy atom. The fraction of sp³-hybridized carbons (Fsp3) is 0.741. The summed E-state index contributed by atoms with van der Waals surface area (Å²) in [6.45, 7) is 10.7. The molecule has 0 aliphatic carbocycles. The van der Waals surface area contributed by atoms with Gasteiger partial charge in [-0.2, -0.15) is 0 Å². The van der Waals surface area contributed by atoms with Crippen LogP contribution in [0.4, 0.5) is 0 Å². The van der Waals surface area contributed by atoms with Crippen LogP contribution in [0, 0.1) is 0 Å². The van der Waals surface area contributed by atoms with Crippen LogP contribution in [-0.4, -0.2) is 56.2 Å². The van der Waals surface area contributed by atoms with E-state index in [0.717, 1.165) is 49.7 Å². The van der Waals surface area contributed by atoms with Crippen LogP contribution in [0.5, 0.6) is 5.75 Å². The van der Waals surface area contributed by atoms with Gasteiger partial charge in [-0.25, -0.2) is 0 Å². The normalized spacial score (nSPS) is 15.7. The minimum atomic E-state index is -0.240. The number of unbranched alkanes of at least 4 members (excludes halogenated alkanes) is 9. The molecule has 0 radical (unpaired) electrons. The third kappa shape index (κ3) is 9.11. The van der Waals surface area contributed by atoms with Crippen LogP contribution in [0.1, 0.15) is 90.5 Å². The molecule has 1 heterocycles. The van der Waals surface area contributed by atoms with E-state index in [1.54, 1.807) is 7.11 Å². The zero-order valence-electron chi connectivity index (χ0n) is 21.0. The number of methoxy groups -OCH3 is 1. The average molecular weight is 447 g/mol. The molecule has 0 N–H and O–H groups in total. The Morgan fingerprint density at radius 2 is 1.47 bits per heavy atom. The Kier molecular flexibility index (Phi) is 12.7. The van der Waals surface area contributed by atoms with Crippen molar-refractivity contribution in [2.75, 3.05) is 40.0 Å². The smallest absolute Gasteiger partial charge is 0.118 e. The lowest BCUT2D eigenvalue weighted by Crippen LogP contribution is -2.54. The largest absolute Gasteiger partial charge is 0.497 e. The van der Waals surface area contributed by atoms with Crippen molar-refractivity contribution in [3.8, 4) is 5.75 Å². The number of benzene rings is 1. The first-order chi connectivity index (χ1) is 15.6. The number of hydrogen-bond donors (Lipinski definition) is 0. The quantitative estimate of drug-likeness (QED) is 0.166. The van der Waals surface area contributed by atoms with Crippen molar-refractivity contribution < 1.29 is 14.3 Å². The SMILES string of the molecule is CCCCCCCCCCCCO/N=C(/c1ccc(OC)cc1)C(C)(C)N1CCOCC1. The second-order valence-electron chi connectivity index (χ2n) is 9.34. The van der Waals surface area contributed by atoms with Gasteiger partial charge in [0.15, 0.2) is 0 Å². The van der Waals surface area contributed by atoms with E-state index in [1.165, 1.54) is 57.8 Å². The highest BCUT2D eigenvalue weighted by Crippen LogP contribution is 2.24. The summed E-state index contributed by atoms with van der Waals surface area (Å²) >= 11 is 0. The summed E-state index contributed by atoms with van der Waals surface area (Å²) in [6.07, 6.45) is 13.2. The van der Waals surface area contributed by atoms with Gasteiger partial charge in [-0.05, 0) is 51.0 Å². The van der Waals surface area contributed by atoms with Crippen LogP contribution in [-0.2, 0) is 9.57 Å². The van der Waals surface area contributed by atoms with E-state index < -0.39 is 0 Å². The first-order valence-corrected chi connectivity index (χ1v) is 12.8. The van der Waals surface area contributed by atoms with Crippen molar-refractivity contribution in [1.82, 2.24) is 4.90 Å². The van der Waals surface area contributed by atoms with Gasteiger partial charge in [-0.3, -0.25) is 4.90 Å². The molecule has 1 saturated heterocycles. The topological polar surface area (TPSA) is 43.3 Å². The highest BCUT2D eigenvalue weighted by atomic mass is 16.6. The first kappa shape index (κ1) is 26.7. The Balaban J connectivity index is 1.83. The zero-order chi connectivity index (χ0) is 23.1. The molecule has 182 valence electrons. The molecular formula is C27H46N2O3. The average Bonchev–Trinajstić information content (AvgIpc) is 2.82. The predicted octanol–water partition coefficient (Wildman–Crippen LogP) is 6.45. The molecule has 0 aromatic heterocycles. The van der Waals surface area contributed by atoms with Crippen LogP contribution >= 0.6 is 0 Å². The van der Waals surface area contributed by atoms with Crippen molar-refractivity contribution >= 4 is 5.71 Å². The molecule has 0 unspecified atom stereocenters. The summed E-state index contributed by atoms with van der Waals surface area (Å²) in [5.41, 5.74) is 1.80. The van der Waals surface area contributed by atoms with E-state index in [0.29, 0.717) is 6.61 Å². The van der Waals surface area contributed by atoms with Crippen molar-refractivity contribution in [2.45, 2.75) is 90.5 Å². The Bertz CT molecular complexity index is 637. The number of oxime groups is 1. The number of rotatable bonds is 16. The molecule has 32 heavy (non-hydrogen) atoms. The van der Waals surface area contributed by atoms with Crippen LogP contribution in [0.2, 0.25) is 0 Å². The second-order valence-corrected chi connectivity index (χ2v) is 9.34. The molecule has 1 aliphatic rings. The van der Waals surface area contributed by atoms with E-state index in [2.05, 4.69) is 43.0 Å². The maximum Gasteiger partial charge on any atom is 0.118 e. The van der Waals surface area contributed by atoms with Crippen molar-refractivity contribution in [2.24, 2.45) is 5.16 Å². The molecule has 0 bridgehead atoms. The third-order valence-corrected chi connectivity index (χ3v) is 6.49. The lowest BCUT2D eigenvalue weighted by molar-refractivity contribution is 0.00877. The molecule has 1 aromatic carbocycles. The molecular weight excluding hydrogens is 400 g/mol. The molecule has 1 aromatic rings. The number of ether oxygens (including phenoxy) is 2. The Labute approximate surface area is 196 Å². The van der Waals surface area contributed by atoms with E-state index in [1.807, 2.05) is 12.1 Å². The van der Waals surface area contributed by atoms with Gasteiger partial charge in [0.2, 0.25) is 0 Å². The van der Waals surface area contributed by atoms with Gasteiger partial charge >= 0.3 is 0 Å². The van der Waals surface area contributed by atoms with Crippen LogP contribution in [0.25, 0.3) is 0 Å². The van der Waals surface area contributed by atoms with Gasteiger partial charge in [0.1, 0.15) is 18.1 Å². The van der Waals surface area contributed by atoms with Gasteiger partial charge in [-0.1, -0.05) is 63.4 Å². The summed E-state index contributed by atoms with van der Waals surface area (Å²) < 4.78 is 10.9. The lowest BCUT2D eigenvalue weighted by Gasteiger charge is -2.41. The Morgan fingerprint density at radius 3 is 2.03 bits per heavy atom. The molecule has 1 fully saturated rings. The van der Waals surface area contributed by atoms with Gasteiger partial charge in [-0.15, -0.1) is 0 Å². The molecule has 5 nitrogen and oxygen atoms in total. The molecule has 0 atom stereocenters. The minimum Gasteiger partial charge on any atom is -0.497 e. The highest BCUT2D eigenvalue weighted by molar-refractivity contribution is 6.06. The standard InChI is InChI=1S/C27H46N2O3/c1-5-6-7-8-9-10-11-12-13-14-21-32-28-26(24-15-17-25(30-4)18-16-24)27(2,3)29-19-22-31-23-20-29/h15-18H,5-14,19-23H2,1-4H3/b28-26-. The maximum absolute atomic E-state index is 5.85. The lowest BCUT2D eigenvalue weighted by atomic mass is 9.90. The third-order valence-electron chi connectivity index (χ3n) is 6.49.